The van der Waals surface area contributed by atoms with Crippen LogP contribution in [-0.4, -0.2) is 26.5 Å². The molecular formula is C13H11BrN2O4S. The van der Waals surface area contributed by atoms with E-state index in [1.54, 1.807) is 0 Å². The third kappa shape index (κ3) is 3.59. The lowest BCUT2D eigenvalue weighted by Crippen LogP contribution is -2.14. The molecule has 21 heavy (non-hydrogen) atoms. The largest absolute Gasteiger partial charge is 0.465 e. The molecule has 0 saturated carbocycles. The Balaban J connectivity index is 2.36. The number of benzene rings is 1. The molecule has 1 aromatic heterocycles. The van der Waals surface area contributed by atoms with Crippen molar-refractivity contribution >= 4 is 37.6 Å². The van der Waals surface area contributed by atoms with Gasteiger partial charge in [-0.2, -0.15) is 0 Å². The van der Waals surface area contributed by atoms with E-state index in [0.717, 1.165) is 0 Å². The lowest BCUT2D eigenvalue weighted by atomic mass is 10.2. The van der Waals surface area contributed by atoms with Crippen molar-refractivity contribution in [3.05, 3.63) is 52.8 Å². The van der Waals surface area contributed by atoms with E-state index in [-0.39, 0.29) is 10.5 Å². The van der Waals surface area contributed by atoms with E-state index in [0.29, 0.717) is 10.2 Å². The number of pyridine rings is 1. The summed E-state index contributed by atoms with van der Waals surface area (Å²) in [7, 11) is -2.58. The van der Waals surface area contributed by atoms with Gasteiger partial charge in [-0.15, -0.1) is 0 Å². The summed E-state index contributed by atoms with van der Waals surface area (Å²) in [6.07, 6.45) is 2.94. The SMILES string of the molecule is COC(=O)c1cccc(S(=O)(=O)Nc2ccncc2Br)c1. The van der Waals surface area contributed by atoms with Gasteiger partial charge in [0, 0.05) is 12.4 Å². The van der Waals surface area contributed by atoms with Gasteiger partial charge in [0.1, 0.15) is 0 Å². The molecule has 0 spiro atoms. The Labute approximate surface area is 130 Å². The molecule has 8 heteroatoms. The van der Waals surface area contributed by atoms with Gasteiger partial charge in [0.2, 0.25) is 0 Å². The molecule has 0 unspecified atom stereocenters. The maximum atomic E-state index is 12.3. The lowest BCUT2D eigenvalue weighted by molar-refractivity contribution is 0.0600. The molecule has 1 aromatic carbocycles. The number of carbonyl (C=O) groups excluding carboxylic acids is 1. The van der Waals surface area contributed by atoms with Crippen molar-refractivity contribution in [1.29, 1.82) is 0 Å². The van der Waals surface area contributed by atoms with Gasteiger partial charge in [-0.3, -0.25) is 9.71 Å². The topological polar surface area (TPSA) is 85.4 Å². The first-order chi connectivity index (χ1) is 9.94. The van der Waals surface area contributed by atoms with Crippen molar-refractivity contribution in [2.75, 3.05) is 11.8 Å². The van der Waals surface area contributed by atoms with Crippen LogP contribution >= 0.6 is 15.9 Å². The fraction of sp³-hybridized carbons (Fsp3) is 0.0769. The molecule has 6 nitrogen and oxygen atoms in total. The molecule has 0 aliphatic carbocycles. The molecule has 0 aliphatic rings. The van der Waals surface area contributed by atoms with Gasteiger partial charge in [-0.25, -0.2) is 13.2 Å². The monoisotopic (exact) mass is 370 g/mol. The van der Waals surface area contributed by atoms with E-state index in [9.17, 15) is 13.2 Å². The summed E-state index contributed by atoms with van der Waals surface area (Å²) in [6.45, 7) is 0. The Morgan fingerprint density at radius 2 is 2.10 bits per heavy atom. The molecule has 2 aromatic rings. The number of anilines is 1. The minimum absolute atomic E-state index is 0.0332. The lowest BCUT2D eigenvalue weighted by Gasteiger charge is -2.10. The van der Waals surface area contributed by atoms with Crippen LogP contribution in [0.5, 0.6) is 0 Å². The number of methoxy groups -OCH3 is 1. The number of nitrogens with zero attached hydrogens (tertiary/aromatic N) is 1. The Hall–Kier alpha value is -1.93. The number of carbonyl (C=O) groups is 1. The quantitative estimate of drug-likeness (QED) is 0.835. The molecule has 1 heterocycles. The van der Waals surface area contributed by atoms with Crippen molar-refractivity contribution < 1.29 is 17.9 Å². The van der Waals surface area contributed by atoms with Gasteiger partial charge in [0.15, 0.2) is 0 Å². The number of sulfonamides is 1. The van der Waals surface area contributed by atoms with E-state index in [2.05, 4.69) is 30.4 Å². The van der Waals surface area contributed by atoms with Crippen LogP contribution < -0.4 is 4.72 Å². The second-order valence-corrected chi connectivity index (χ2v) is 6.52. The van der Waals surface area contributed by atoms with Gasteiger partial charge < -0.3 is 4.74 Å². The van der Waals surface area contributed by atoms with Gasteiger partial charge in [-0.05, 0) is 40.2 Å². The van der Waals surface area contributed by atoms with Crippen molar-refractivity contribution in [2.45, 2.75) is 4.90 Å². The van der Waals surface area contributed by atoms with Crippen LogP contribution in [-0.2, 0) is 14.8 Å². The van der Waals surface area contributed by atoms with E-state index < -0.39 is 16.0 Å². The summed E-state index contributed by atoms with van der Waals surface area (Å²) in [5, 5.41) is 0. The highest BCUT2D eigenvalue weighted by Crippen LogP contribution is 2.23. The number of hydrogen-bond donors (Lipinski definition) is 1. The zero-order chi connectivity index (χ0) is 15.5. The predicted molar refractivity (Wildman–Crippen MR) is 80.5 cm³/mol. The smallest absolute Gasteiger partial charge is 0.337 e. The predicted octanol–water partition coefficient (Wildman–Crippen LogP) is 2.43. The number of halogens is 1. The first kappa shape index (κ1) is 15.5. The summed E-state index contributed by atoms with van der Waals surface area (Å²) in [5.41, 5.74) is 0.516. The number of hydrogen-bond acceptors (Lipinski definition) is 5. The number of aromatic nitrogens is 1. The van der Waals surface area contributed by atoms with Crippen LogP contribution in [0, 0.1) is 0 Å². The zero-order valence-corrected chi connectivity index (χ0v) is 13.3. The van der Waals surface area contributed by atoms with Crippen LogP contribution in [0.4, 0.5) is 5.69 Å². The first-order valence-electron chi connectivity index (χ1n) is 5.75. The molecule has 0 saturated heterocycles. The fourth-order valence-corrected chi connectivity index (χ4v) is 3.18. The molecule has 0 bridgehead atoms. The molecule has 2 rings (SSSR count). The first-order valence-corrected chi connectivity index (χ1v) is 8.02. The number of esters is 1. The molecule has 0 atom stereocenters. The molecule has 0 fully saturated rings. The van der Waals surface area contributed by atoms with Crippen LogP contribution in [0.1, 0.15) is 10.4 Å². The minimum atomic E-state index is -3.82. The summed E-state index contributed by atoms with van der Waals surface area (Å²) in [4.78, 5) is 15.3. The van der Waals surface area contributed by atoms with Crippen molar-refractivity contribution in [3.63, 3.8) is 0 Å². The summed E-state index contributed by atoms with van der Waals surface area (Å²) in [6, 6.07) is 7.12. The number of ether oxygens (including phenoxy) is 1. The molecular weight excluding hydrogens is 360 g/mol. The summed E-state index contributed by atoms with van der Waals surface area (Å²) in [5.74, 6) is -0.600. The van der Waals surface area contributed by atoms with E-state index in [4.69, 9.17) is 0 Å². The van der Waals surface area contributed by atoms with Crippen LogP contribution in [0.2, 0.25) is 0 Å². The van der Waals surface area contributed by atoms with Gasteiger partial charge in [0.05, 0.1) is 27.7 Å². The standard InChI is InChI=1S/C13H11BrN2O4S/c1-20-13(17)9-3-2-4-10(7-9)21(18,19)16-12-5-6-15-8-11(12)14/h2-8H,1H3,(H,15,16). The van der Waals surface area contributed by atoms with E-state index in [1.165, 1.54) is 49.8 Å². The third-order valence-electron chi connectivity index (χ3n) is 2.58. The van der Waals surface area contributed by atoms with Crippen molar-refractivity contribution in [2.24, 2.45) is 0 Å². The van der Waals surface area contributed by atoms with Gasteiger partial charge >= 0.3 is 5.97 Å². The summed E-state index contributed by atoms with van der Waals surface area (Å²) >= 11 is 3.21. The molecule has 0 amide bonds. The maximum Gasteiger partial charge on any atom is 0.337 e. The second-order valence-electron chi connectivity index (χ2n) is 3.98. The van der Waals surface area contributed by atoms with E-state index in [1.807, 2.05) is 0 Å². The number of rotatable bonds is 4. The highest BCUT2D eigenvalue weighted by atomic mass is 79.9. The second kappa shape index (κ2) is 6.23. The summed E-state index contributed by atoms with van der Waals surface area (Å²) < 4.78 is 32.1. The zero-order valence-electron chi connectivity index (χ0n) is 10.9. The Morgan fingerprint density at radius 3 is 2.76 bits per heavy atom. The molecule has 0 radical (unpaired) electrons. The molecule has 110 valence electrons. The van der Waals surface area contributed by atoms with Gasteiger partial charge in [0.25, 0.3) is 10.0 Å². The maximum absolute atomic E-state index is 12.3. The minimum Gasteiger partial charge on any atom is -0.465 e. The Morgan fingerprint density at radius 1 is 1.33 bits per heavy atom. The van der Waals surface area contributed by atoms with Crippen molar-refractivity contribution in [3.8, 4) is 0 Å². The highest BCUT2D eigenvalue weighted by Gasteiger charge is 2.17. The molecule has 1 N–H and O–H groups in total. The fourth-order valence-electron chi connectivity index (χ4n) is 1.57. The van der Waals surface area contributed by atoms with Crippen LogP contribution in [0.3, 0.4) is 0 Å². The Bertz CT molecular complexity index is 777. The number of nitrogens with one attached hydrogen (secondary N) is 1. The Kier molecular flexibility index (Phi) is 4.59. The van der Waals surface area contributed by atoms with Crippen LogP contribution in [0.15, 0.2) is 52.1 Å². The molecule has 0 aliphatic heterocycles. The van der Waals surface area contributed by atoms with Gasteiger partial charge in [-0.1, -0.05) is 6.07 Å². The van der Waals surface area contributed by atoms with E-state index >= 15 is 0 Å². The third-order valence-corrected chi connectivity index (χ3v) is 4.58. The normalized spacial score (nSPS) is 11.0. The van der Waals surface area contributed by atoms with Crippen molar-refractivity contribution in [1.82, 2.24) is 4.98 Å². The van der Waals surface area contributed by atoms with Crippen LogP contribution in [0.25, 0.3) is 0 Å². The average Bonchev–Trinajstić information content (AvgIpc) is 2.49. The average molecular weight is 371 g/mol. The highest BCUT2D eigenvalue weighted by molar-refractivity contribution is 9.10.